The number of rotatable bonds is 4. The molecule has 0 bridgehead atoms. The van der Waals surface area contributed by atoms with Crippen molar-refractivity contribution in [2.24, 2.45) is 0 Å². The highest BCUT2D eigenvalue weighted by atomic mass is 16.3. The van der Waals surface area contributed by atoms with Gasteiger partial charge < -0.3 is 14.2 Å². The van der Waals surface area contributed by atoms with E-state index in [1.807, 2.05) is 84.9 Å². The molecule has 0 unspecified atom stereocenters. The van der Waals surface area contributed by atoms with Crippen molar-refractivity contribution in [3.05, 3.63) is 102 Å². The number of amides is 2. The molecule has 1 atom stereocenters. The minimum absolute atomic E-state index is 0.0780. The molecule has 0 radical (unpaired) electrons. The van der Waals surface area contributed by atoms with E-state index >= 15 is 0 Å². The first-order valence-electron chi connectivity index (χ1n) is 10.4. The molecule has 0 spiro atoms. The van der Waals surface area contributed by atoms with Crippen molar-refractivity contribution >= 4 is 28.5 Å². The van der Waals surface area contributed by atoms with Gasteiger partial charge in [0.25, 0.3) is 5.91 Å². The van der Waals surface area contributed by atoms with E-state index in [-0.39, 0.29) is 17.6 Å². The van der Waals surface area contributed by atoms with Crippen LogP contribution >= 0.6 is 0 Å². The zero-order valence-electron chi connectivity index (χ0n) is 17.0. The first-order chi connectivity index (χ1) is 15.2. The molecule has 5 nitrogen and oxygen atoms in total. The first kappa shape index (κ1) is 19.1. The highest BCUT2D eigenvalue weighted by molar-refractivity contribution is 6.04. The summed E-state index contributed by atoms with van der Waals surface area (Å²) in [7, 11) is 0. The van der Waals surface area contributed by atoms with Gasteiger partial charge >= 0.3 is 0 Å². The summed E-state index contributed by atoms with van der Waals surface area (Å²) in [4.78, 5) is 30.4. The number of anilines is 1. The average Bonchev–Trinajstić information content (AvgIpc) is 3.25. The maximum atomic E-state index is 13.6. The number of hydrogen-bond donors (Lipinski definition) is 0. The lowest BCUT2D eigenvalue weighted by atomic mass is 10.00. The van der Waals surface area contributed by atoms with Crippen LogP contribution in [0.4, 0.5) is 5.69 Å². The Hall–Kier alpha value is -3.86. The molecule has 31 heavy (non-hydrogen) atoms. The molecule has 1 aliphatic heterocycles. The van der Waals surface area contributed by atoms with Gasteiger partial charge in [0.2, 0.25) is 5.91 Å². The molecule has 3 aromatic carbocycles. The van der Waals surface area contributed by atoms with E-state index in [1.54, 1.807) is 15.9 Å². The molecule has 5 rings (SSSR count). The first-order valence-corrected chi connectivity index (χ1v) is 10.4. The molecule has 1 aromatic heterocycles. The molecule has 1 aliphatic rings. The quantitative estimate of drug-likeness (QED) is 0.497. The standard InChI is InChI=1S/C26H22N2O3/c29-25-22(17-19-9-3-1-4-10-19)28(16-15-27(25)21-12-5-2-6-13-21)26(30)24-18-20-11-7-8-14-23(20)31-24/h1-14,18,22H,15-17H2/t22-/m0/s1. The Labute approximate surface area is 180 Å². The zero-order chi connectivity index (χ0) is 21.2. The van der Waals surface area contributed by atoms with Crippen LogP contribution in [-0.2, 0) is 11.2 Å². The molecule has 5 heteroatoms. The molecule has 2 heterocycles. The molecule has 4 aromatic rings. The second kappa shape index (κ2) is 8.11. The van der Waals surface area contributed by atoms with Crippen molar-refractivity contribution in [1.82, 2.24) is 4.90 Å². The van der Waals surface area contributed by atoms with Gasteiger partial charge in [0, 0.05) is 30.6 Å². The van der Waals surface area contributed by atoms with Gasteiger partial charge in [0.1, 0.15) is 11.6 Å². The second-order valence-electron chi connectivity index (χ2n) is 7.68. The summed E-state index contributed by atoms with van der Waals surface area (Å²) in [6.45, 7) is 0.883. The number of piperazine rings is 1. The average molecular weight is 410 g/mol. The maximum absolute atomic E-state index is 13.6. The molecule has 1 fully saturated rings. The van der Waals surface area contributed by atoms with Gasteiger partial charge in [-0.2, -0.15) is 0 Å². The summed E-state index contributed by atoms with van der Waals surface area (Å²) in [6.07, 6.45) is 0.453. The molecule has 154 valence electrons. The van der Waals surface area contributed by atoms with Gasteiger partial charge in [0.15, 0.2) is 5.76 Å². The monoisotopic (exact) mass is 410 g/mol. The van der Waals surface area contributed by atoms with Crippen molar-refractivity contribution in [2.75, 3.05) is 18.0 Å². The van der Waals surface area contributed by atoms with Crippen molar-refractivity contribution in [2.45, 2.75) is 12.5 Å². The third-order valence-electron chi connectivity index (χ3n) is 5.73. The van der Waals surface area contributed by atoms with Gasteiger partial charge in [-0.15, -0.1) is 0 Å². The van der Waals surface area contributed by atoms with Gasteiger partial charge in [-0.1, -0.05) is 66.7 Å². The van der Waals surface area contributed by atoms with Crippen molar-refractivity contribution in [3.63, 3.8) is 0 Å². The highest BCUT2D eigenvalue weighted by Crippen LogP contribution is 2.26. The summed E-state index contributed by atoms with van der Waals surface area (Å²) in [5.74, 6) is -0.0656. The minimum Gasteiger partial charge on any atom is -0.451 e. The Bertz CT molecular complexity index is 1180. The van der Waals surface area contributed by atoms with Crippen LogP contribution in [-0.4, -0.2) is 35.8 Å². The van der Waals surface area contributed by atoms with Crippen LogP contribution in [0, 0.1) is 0 Å². The summed E-state index contributed by atoms with van der Waals surface area (Å²) < 4.78 is 5.81. The van der Waals surface area contributed by atoms with Crippen LogP contribution < -0.4 is 4.90 Å². The number of hydrogen-bond acceptors (Lipinski definition) is 3. The lowest BCUT2D eigenvalue weighted by molar-refractivity contribution is -0.124. The Morgan fingerprint density at radius 1 is 0.871 bits per heavy atom. The zero-order valence-corrected chi connectivity index (χ0v) is 17.0. The van der Waals surface area contributed by atoms with Crippen LogP contribution in [0.25, 0.3) is 11.0 Å². The number of carbonyl (C=O) groups is 2. The number of fused-ring (bicyclic) bond motifs is 1. The molecule has 2 amide bonds. The SMILES string of the molecule is O=C1[C@H](Cc2ccccc2)N(C(=O)c2cc3ccccc3o2)CCN1c1ccccc1. The summed E-state index contributed by atoms with van der Waals surface area (Å²) in [6, 6.07) is 28.1. The smallest absolute Gasteiger partial charge is 0.290 e. The largest absolute Gasteiger partial charge is 0.451 e. The predicted molar refractivity (Wildman–Crippen MR) is 120 cm³/mol. The van der Waals surface area contributed by atoms with Crippen molar-refractivity contribution in [1.29, 1.82) is 0 Å². The normalized spacial score (nSPS) is 16.6. The Balaban J connectivity index is 1.48. The van der Waals surface area contributed by atoms with Gasteiger partial charge in [-0.05, 0) is 29.8 Å². The molecule has 0 N–H and O–H groups in total. The minimum atomic E-state index is -0.600. The molecule has 0 saturated carbocycles. The van der Waals surface area contributed by atoms with E-state index in [4.69, 9.17) is 4.42 Å². The number of benzene rings is 3. The number of nitrogens with zero attached hydrogens (tertiary/aromatic N) is 2. The maximum Gasteiger partial charge on any atom is 0.290 e. The van der Waals surface area contributed by atoms with E-state index < -0.39 is 6.04 Å². The second-order valence-corrected chi connectivity index (χ2v) is 7.68. The topological polar surface area (TPSA) is 53.8 Å². The molecule has 0 aliphatic carbocycles. The number of carbonyl (C=O) groups excluding carboxylic acids is 2. The molecule has 1 saturated heterocycles. The summed E-state index contributed by atoms with van der Waals surface area (Å²) in [5.41, 5.74) is 2.53. The van der Waals surface area contributed by atoms with Crippen molar-refractivity contribution < 1.29 is 14.0 Å². The fraction of sp³-hybridized carbons (Fsp3) is 0.154. The summed E-state index contributed by atoms with van der Waals surface area (Å²) >= 11 is 0. The number of furan rings is 1. The van der Waals surface area contributed by atoms with Gasteiger partial charge in [-0.3, -0.25) is 9.59 Å². The van der Waals surface area contributed by atoms with E-state index in [0.29, 0.717) is 25.1 Å². The lowest BCUT2D eigenvalue weighted by Gasteiger charge is -2.40. The highest BCUT2D eigenvalue weighted by Gasteiger charge is 2.39. The number of para-hydroxylation sites is 2. The molecular weight excluding hydrogens is 388 g/mol. The molecular formula is C26H22N2O3. The van der Waals surface area contributed by atoms with E-state index in [9.17, 15) is 9.59 Å². The third-order valence-corrected chi connectivity index (χ3v) is 5.73. The Kier molecular flexibility index (Phi) is 5.00. The predicted octanol–water partition coefficient (Wildman–Crippen LogP) is 4.53. The van der Waals surface area contributed by atoms with E-state index in [0.717, 1.165) is 16.6 Å². The fourth-order valence-electron chi connectivity index (χ4n) is 4.16. The van der Waals surface area contributed by atoms with Crippen LogP contribution in [0.5, 0.6) is 0 Å². The summed E-state index contributed by atoms with van der Waals surface area (Å²) in [5, 5.41) is 0.875. The van der Waals surface area contributed by atoms with Crippen LogP contribution in [0.3, 0.4) is 0 Å². The van der Waals surface area contributed by atoms with Crippen LogP contribution in [0.2, 0.25) is 0 Å². The lowest BCUT2D eigenvalue weighted by Crippen LogP contribution is -2.59. The van der Waals surface area contributed by atoms with Gasteiger partial charge in [0.05, 0.1) is 0 Å². The van der Waals surface area contributed by atoms with Crippen LogP contribution in [0.1, 0.15) is 16.1 Å². The van der Waals surface area contributed by atoms with Gasteiger partial charge in [-0.25, -0.2) is 0 Å². The Morgan fingerprint density at radius 3 is 2.29 bits per heavy atom. The van der Waals surface area contributed by atoms with Crippen LogP contribution in [0.15, 0.2) is 95.4 Å². The van der Waals surface area contributed by atoms with Crippen molar-refractivity contribution in [3.8, 4) is 0 Å². The van der Waals surface area contributed by atoms with E-state index in [2.05, 4.69) is 0 Å². The third kappa shape index (κ3) is 3.70. The van der Waals surface area contributed by atoms with E-state index in [1.165, 1.54) is 0 Å². The fourth-order valence-corrected chi connectivity index (χ4v) is 4.16. The Morgan fingerprint density at radius 2 is 1.55 bits per heavy atom.